The van der Waals surface area contributed by atoms with Gasteiger partial charge in [-0.05, 0) is 24.6 Å². The van der Waals surface area contributed by atoms with Gasteiger partial charge in [0.1, 0.15) is 10.5 Å². The zero-order chi connectivity index (χ0) is 11.5. The highest BCUT2D eigenvalue weighted by atomic mass is 32.1. The predicted molar refractivity (Wildman–Crippen MR) is 64.9 cm³/mol. The molecule has 0 aliphatic carbocycles. The number of rotatable bonds is 3. The summed E-state index contributed by atoms with van der Waals surface area (Å²) in [6.07, 6.45) is 1.96. The van der Waals surface area contributed by atoms with E-state index in [-0.39, 0.29) is 5.82 Å². The average molecular weight is 236 g/mol. The van der Waals surface area contributed by atoms with Gasteiger partial charge in [-0.1, -0.05) is 37.7 Å². The van der Waals surface area contributed by atoms with Crippen molar-refractivity contribution < 1.29 is 4.39 Å². The van der Waals surface area contributed by atoms with Gasteiger partial charge in [0, 0.05) is 5.69 Å². The van der Waals surface area contributed by atoms with Crippen LogP contribution in [0.25, 0.3) is 5.69 Å². The summed E-state index contributed by atoms with van der Waals surface area (Å²) in [7, 11) is 0. The Bertz CT molecular complexity index is 542. The molecule has 0 saturated carbocycles. The molecule has 0 amide bonds. The normalized spacial score (nSPS) is 10.6. The molecule has 2 nitrogen and oxygen atoms in total. The molecule has 0 radical (unpaired) electrons. The van der Waals surface area contributed by atoms with Gasteiger partial charge in [-0.3, -0.25) is 5.10 Å². The quantitative estimate of drug-likeness (QED) is 0.807. The van der Waals surface area contributed by atoms with Gasteiger partial charge in [0.2, 0.25) is 0 Å². The maximum atomic E-state index is 13.6. The van der Waals surface area contributed by atoms with Crippen LogP contribution in [-0.4, -0.2) is 9.78 Å². The van der Waals surface area contributed by atoms with Crippen LogP contribution in [0.15, 0.2) is 30.3 Å². The molecule has 1 aromatic carbocycles. The molecule has 0 aliphatic rings. The minimum absolute atomic E-state index is 0.275. The summed E-state index contributed by atoms with van der Waals surface area (Å²) < 4.78 is 15.8. The van der Waals surface area contributed by atoms with Gasteiger partial charge >= 0.3 is 0 Å². The summed E-state index contributed by atoms with van der Waals surface area (Å²) in [5.74, 6) is -0.275. The van der Waals surface area contributed by atoms with E-state index in [9.17, 15) is 4.39 Å². The molecule has 16 heavy (non-hydrogen) atoms. The van der Waals surface area contributed by atoms with Gasteiger partial charge < -0.3 is 0 Å². The molecule has 84 valence electrons. The molecule has 2 rings (SSSR count). The zero-order valence-corrected chi connectivity index (χ0v) is 9.85. The van der Waals surface area contributed by atoms with Gasteiger partial charge in [-0.15, -0.1) is 0 Å². The summed E-state index contributed by atoms with van der Waals surface area (Å²) in [5, 5.41) is 3.11. The Balaban J connectivity index is 2.48. The van der Waals surface area contributed by atoms with Crippen LogP contribution >= 0.6 is 12.2 Å². The van der Waals surface area contributed by atoms with E-state index in [1.54, 1.807) is 22.9 Å². The fourth-order valence-corrected chi connectivity index (χ4v) is 1.94. The van der Waals surface area contributed by atoms with Crippen LogP contribution < -0.4 is 0 Å². The molecule has 1 N–H and O–H groups in total. The summed E-state index contributed by atoms with van der Waals surface area (Å²) in [5.41, 5.74) is 1.51. The summed E-state index contributed by atoms with van der Waals surface area (Å²) >= 11 is 5.19. The highest BCUT2D eigenvalue weighted by Crippen LogP contribution is 2.14. The fourth-order valence-electron chi connectivity index (χ4n) is 1.65. The first-order valence-corrected chi connectivity index (χ1v) is 5.69. The van der Waals surface area contributed by atoms with Crippen molar-refractivity contribution in [1.82, 2.24) is 9.78 Å². The van der Waals surface area contributed by atoms with Crippen LogP contribution in [0.4, 0.5) is 4.39 Å². The van der Waals surface area contributed by atoms with Gasteiger partial charge in [-0.2, -0.15) is 0 Å². The monoisotopic (exact) mass is 236 g/mol. The average Bonchev–Trinajstić information content (AvgIpc) is 2.61. The summed E-state index contributed by atoms with van der Waals surface area (Å²) in [6.45, 7) is 2.09. The van der Waals surface area contributed by atoms with Crippen molar-refractivity contribution in [1.29, 1.82) is 0 Å². The maximum Gasteiger partial charge on any atom is 0.148 e. The first-order chi connectivity index (χ1) is 7.72. The highest BCUT2D eigenvalue weighted by molar-refractivity contribution is 7.71. The molecule has 1 heterocycles. The SMILES string of the molecule is CCCc1cc(=S)n(-c2ccccc2F)[nH]1. The first-order valence-electron chi connectivity index (χ1n) is 5.28. The zero-order valence-electron chi connectivity index (χ0n) is 9.03. The number of aromatic nitrogens is 2. The number of halogens is 1. The lowest BCUT2D eigenvalue weighted by molar-refractivity contribution is 0.608. The van der Waals surface area contributed by atoms with E-state index in [1.165, 1.54) is 6.07 Å². The topological polar surface area (TPSA) is 20.7 Å². The lowest BCUT2D eigenvalue weighted by Gasteiger charge is -2.03. The number of aryl methyl sites for hydroxylation is 1. The molecule has 1 aromatic heterocycles. The number of nitrogens with zero attached hydrogens (tertiary/aromatic N) is 1. The van der Waals surface area contributed by atoms with Crippen molar-refractivity contribution in [3.63, 3.8) is 0 Å². The Morgan fingerprint density at radius 1 is 1.38 bits per heavy atom. The standard InChI is InChI=1S/C12H13FN2S/c1-2-5-9-8-12(16)15(14-9)11-7-4-3-6-10(11)13/h3-4,6-8,14H,2,5H2,1H3. The van der Waals surface area contributed by atoms with Gasteiger partial charge in [0.25, 0.3) is 0 Å². The van der Waals surface area contributed by atoms with E-state index >= 15 is 0 Å². The lowest BCUT2D eigenvalue weighted by Crippen LogP contribution is -2.00. The molecule has 0 saturated heterocycles. The Labute approximate surface area is 98.7 Å². The Morgan fingerprint density at radius 3 is 2.81 bits per heavy atom. The van der Waals surface area contributed by atoms with Crippen molar-refractivity contribution >= 4 is 12.2 Å². The second-order valence-corrected chi connectivity index (χ2v) is 4.07. The van der Waals surface area contributed by atoms with Crippen LogP contribution in [0.5, 0.6) is 0 Å². The Kier molecular flexibility index (Phi) is 3.19. The number of hydrogen-bond donors (Lipinski definition) is 1. The van der Waals surface area contributed by atoms with Crippen LogP contribution in [-0.2, 0) is 6.42 Å². The van der Waals surface area contributed by atoms with Crippen molar-refractivity contribution in [2.45, 2.75) is 19.8 Å². The molecule has 0 fully saturated rings. The van der Waals surface area contributed by atoms with Crippen LogP contribution in [0.2, 0.25) is 0 Å². The first kappa shape index (κ1) is 11.1. The van der Waals surface area contributed by atoms with Crippen molar-refractivity contribution in [2.75, 3.05) is 0 Å². The smallest absolute Gasteiger partial charge is 0.148 e. The van der Waals surface area contributed by atoms with Crippen molar-refractivity contribution in [2.24, 2.45) is 0 Å². The Hall–Kier alpha value is -1.42. The van der Waals surface area contributed by atoms with Crippen LogP contribution in [0.1, 0.15) is 19.0 Å². The molecule has 2 aromatic rings. The third-order valence-corrected chi connectivity index (χ3v) is 2.69. The number of aromatic amines is 1. The number of H-pyrrole nitrogens is 1. The molecule has 0 unspecified atom stereocenters. The Morgan fingerprint density at radius 2 is 2.12 bits per heavy atom. The second kappa shape index (κ2) is 4.61. The van der Waals surface area contributed by atoms with Crippen LogP contribution in [0.3, 0.4) is 0 Å². The van der Waals surface area contributed by atoms with Gasteiger partial charge in [-0.25, -0.2) is 9.07 Å². The number of benzene rings is 1. The van der Waals surface area contributed by atoms with Crippen molar-refractivity contribution in [3.05, 3.63) is 46.5 Å². The van der Waals surface area contributed by atoms with Crippen molar-refractivity contribution in [3.8, 4) is 5.69 Å². The van der Waals surface area contributed by atoms with E-state index in [2.05, 4.69) is 12.0 Å². The molecular formula is C12H13FN2S. The summed E-state index contributed by atoms with van der Waals surface area (Å²) in [6, 6.07) is 8.47. The van der Waals surface area contributed by atoms with E-state index in [0.717, 1.165) is 18.5 Å². The third-order valence-electron chi connectivity index (χ3n) is 2.39. The largest absolute Gasteiger partial charge is 0.297 e. The number of nitrogens with one attached hydrogen (secondary N) is 1. The fraction of sp³-hybridized carbons (Fsp3) is 0.250. The molecule has 4 heteroatoms. The van der Waals surface area contributed by atoms with E-state index in [4.69, 9.17) is 12.2 Å². The summed E-state index contributed by atoms with van der Waals surface area (Å²) in [4.78, 5) is 0. The lowest BCUT2D eigenvalue weighted by atomic mass is 10.3. The van der Waals surface area contributed by atoms with E-state index in [0.29, 0.717) is 10.3 Å². The predicted octanol–water partition coefficient (Wildman–Crippen LogP) is 3.63. The molecule has 0 atom stereocenters. The van der Waals surface area contributed by atoms with E-state index in [1.807, 2.05) is 6.07 Å². The number of para-hydroxylation sites is 1. The minimum Gasteiger partial charge on any atom is -0.297 e. The van der Waals surface area contributed by atoms with Gasteiger partial charge in [0.05, 0.1) is 5.69 Å². The third kappa shape index (κ3) is 2.07. The highest BCUT2D eigenvalue weighted by Gasteiger charge is 2.06. The van der Waals surface area contributed by atoms with E-state index < -0.39 is 0 Å². The van der Waals surface area contributed by atoms with Gasteiger partial charge in [0.15, 0.2) is 0 Å². The van der Waals surface area contributed by atoms with Crippen LogP contribution in [0, 0.1) is 10.5 Å². The maximum absolute atomic E-state index is 13.6. The second-order valence-electron chi connectivity index (χ2n) is 3.66. The molecule has 0 spiro atoms. The molecule has 0 aliphatic heterocycles. The molecular weight excluding hydrogens is 223 g/mol. The minimum atomic E-state index is -0.275. The number of hydrogen-bond acceptors (Lipinski definition) is 1. The molecule has 0 bridgehead atoms.